The van der Waals surface area contributed by atoms with Crippen LogP contribution in [0.3, 0.4) is 0 Å². The fraction of sp³-hybridized carbons (Fsp3) is 0.238. The van der Waals surface area contributed by atoms with Gasteiger partial charge in [0.1, 0.15) is 12.6 Å². The Morgan fingerprint density at radius 3 is 2.79 bits per heavy atom. The van der Waals surface area contributed by atoms with E-state index in [4.69, 9.17) is 9.47 Å². The van der Waals surface area contributed by atoms with E-state index in [1.807, 2.05) is 53.5 Å². The number of rotatable bonds is 4. The lowest BCUT2D eigenvalue weighted by Crippen LogP contribution is -2.49. The lowest BCUT2D eigenvalue weighted by molar-refractivity contribution is -0.137. The summed E-state index contributed by atoms with van der Waals surface area (Å²) in [7, 11) is 0. The van der Waals surface area contributed by atoms with Gasteiger partial charge < -0.3 is 24.7 Å². The third kappa shape index (κ3) is 3.38. The average molecular weight is 392 g/mol. The summed E-state index contributed by atoms with van der Waals surface area (Å²) in [6.45, 7) is 0.204. The molecule has 5 rings (SSSR count). The van der Waals surface area contributed by atoms with Crippen LogP contribution < -0.4 is 20.2 Å². The van der Waals surface area contributed by atoms with Gasteiger partial charge in [-0.1, -0.05) is 24.3 Å². The molecular weight excluding hydrogens is 372 g/mol. The Kier molecular flexibility index (Phi) is 4.33. The van der Waals surface area contributed by atoms with Crippen LogP contribution in [0.25, 0.3) is 0 Å². The van der Waals surface area contributed by atoms with Crippen molar-refractivity contribution >= 4 is 17.5 Å². The highest BCUT2D eigenvalue weighted by atomic mass is 16.7. The number of carbonyl (C=O) groups excluding carboxylic acids is 2. The van der Waals surface area contributed by atoms with Crippen LogP contribution in [0.15, 0.2) is 60.9 Å². The number of hydrogen-bond acceptors (Lipinski definition) is 6. The van der Waals surface area contributed by atoms with E-state index < -0.39 is 0 Å². The quantitative estimate of drug-likeness (QED) is 0.828. The van der Waals surface area contributed by atoms with Crippen molar-refractivity contribution in [3.05, 3.63) is 66.5 Å². The van der Waals surface area contributed by atoms with Crippen molar-refractivity contribution in [2.45, 2.75) is 18.5 Å². The van der Waals surface area contributed by atoms with Gasteiger partial charge in [-0.2, -0.15) is 0 Å². The minimum atomic E-state index is -0.361. The second kappa shape index (κ2) is 7.14. The molecule has 2 atom stereocenters. The molecule has 0 saturated carbocycles. The molecule has 3 aliphatic rings. The van der Waals surface area contributed by atoms with Crippen LogP contribution in [0.1, 0.15) is 18.0 Å². The van der Waals surface area contributed by atoms with E-state index >= 15 is 0 Å². The van der Waals surface area contributed by atoms with Gasteiger partial charge in [0.25, 0.3) is 5.91 Å². The fourth-order valence-electron chi connectivity index (χ4n) is 3.79. The lowest BCUT2D eigenvalue weighted by Gasteiger charge is -2.31. The molecule has 3 aliphatic heterocycles. The number of nitrogens with zero attached hydrogens (tertiary/aromatic N) is 2. The number of fused-ring (bicyclic) bond motifs is 2. The minimum Gasteiger partial charge on any atom is -0.454 e. The molecular formula is C21H20N4O4. The highest BCUT2D eigenvalue weighted by molar-refractivity contribution is 5.96. The number of ether oxygens (including phenoxy) is 2. The summed E-state index contributed by atoms with van der Waals surface area (Å²) >= 11 is 0. The maximum absolute atomic E-state index is 12.9. The first-order valence-electron chi connectivity index (χ1n) is 9.45. The van der Waals surface area contributed by atoms with Crippen molar-refractivity contribution in [2.24, 2.45) is 0 Å². The molecule has 0 spiro atoms. The fourth-order valence-corrected chi connectivity index (χ4v) is 3.79. The Hall–Kier alpha value is -3.52. The van der Waals surface area contributed by atoms with Gasteiger partial charge in [0.05, 0.1) is 6.04 Å². The van der Waals surface area contributed by atoms with Gasteiger partial charge in [0.2, 0.25) is 12.7 Å². The first kappa shape index (κ1) is 17.6. The summed E-state index contributed by atoms with van der Waals surface area (Å²) < 4.78 is 10.8. The number of hydrazine groups is 1. The van der Waals surface area contributed by atoms with Gasteiger partial charge in [0.15, 0.2) is 11.5 Å². The van der Waals surface area contributed by atoms with Crippen molar-refractivity contribution in [1.82, 2.24) is 15.3 Å². The van der Waals surface area contributed by atoms with Crippen molar-refractivity contribution in [1.29, 1.82) is 0 Å². The van der Waals surface area contributed by atoms with Gasteiger partial charge in [0, 0.05) is 18.1 Å². The minimum absolute atomic E-state index is 0.0245. The third-order valence-electron chi connectivity index (χ3n) is 5.25. The number of hydrogen-bond donors (Lipinski definition) is 2. The van der Waals surface area contributed by atoms with Crippen molar-refractivity contribution in [2.75, 3.05) is 18.7 Å². The second-order valence-electron chi connectivity index (χ2n) is 7.13. The van der Waals surface area contributed by atoms with Gasteiger partial charge in [-0.3, -0.25) is 9.59 Å². The molecule has 0 aliphatic carbocycles. The lowest BCUT2D eigenvalue weighted by atomic mass is 10.0. The van der Waals surface area contributed by atoms with Crippen LogP contribution in [0.5, 0.6) is 11.5 Å². The molecule has 3 heterocycles. The Morgan fingerprint density at radius 1 is 1.10 bits per heavy atom. The molecule has 0 radical (unpaired) electrons. The number of amides is 2. The van der Waals surface area contributed by atoms with Crippen LogP contribution in [0.2, 0.25) is 0 Å². The SMILES string of the molecule is O=C(CN1C=CN2NC(c3ccc4c(c3)OCO4)CC2C1=O)Nc1ccccc1. The predicted molar refractivity (Wildman–Crippen MR) is 105 cm³/mol. The number of benzene rings is 2. The summed E-state index contributed by atoms with van der Waals surface area (Å²) in [6.07, 6.45) is 4.03. The first-order valence-corrected chi connectivity index (χ1v) is 9.45. The predicted octanol–water partition coefficient (Wildman–Crippen LogP) is 1.99. The van der Waals surface area contributed by atoms with Gasteiger partial charge in [-0.15, -0.1) is 0 Å². The summed E-state index contributed by atoms with van der Waals surface area (Å²) in [5, 5.41) is 4.61. The van der Waals surface area contributed by atoms with E-state index in [0.717, 1.165) is 17.1 Å². The van der Waals surface area contributed by atoms with Crippen LogP contribution in [0, 0.1) is 0 Å². The van der Waals surface area contributed by atoms with E-state index in [1.165, 1.54) is 4.90 Å². The maximum Gasteiger partial charge on any atom is 0.251 e. The molecule has 8 nitrogen and oxygen atoms in total. The van der Waals surface area contributed by atoms with Gasteiger partial charge in [-0.05, 0) is 36.2 Å². The highest BCUT2D eigenvalue weighted by Gasteiger charge is 2.40. The second-order valence-corrected chi connectivity index (χ2v) is 7.13. The number of carbonyl (C=O) groups is 2. The molecule has 8 heteroatoms. The van der Waals surface area contributed by atoms with Crippen molar-refractivity contribution in [3.8, 4) is 11.5 Å². The molecule has 29 heavy (non-hydrogen) atoms. The molecule has 148 valence electrons. The Morgan fingerprint density at radius 2 is 1.93 bits per heavy atom. The summed E-state index contributed by atoms with van der Waals surface area (Å²) in [6, 6.07) is 14.6. The highest BCUT2D eigenvalue weighted by Crippen LogP contribution is 2.37. The van der Waals surface area contributed by atoms with E-state index in [-0.39, 0.29) is 37.2 Å². The van der Waals surface area contributed by atoms with Crippen LogP contribution >= 0.6 is 0 Å². The number of nitrogens with one attached hydrogen (secondary N) is 2. The largest absolute Gasteiger partial charge is 0.454 e. The van der Waals surface area contributed by atoms with E-state index in [2.05, 4.69) is 10.7 Å². The molecule has 0 aromatic heterocycles. The average Bonchev–Trinajstić information content (AvgIpc) is 3.37. The Balaban J connectivity index is 1.24. The molecule has 2 N–H and O–H groups in total. The molecule has 2 amide bonds. The summed E-state index contributed by atoms with van der Waals surface area (Å²) in [5.41, 5.74) is 5.08. The Bertz CT molecular complexity index is 978. The zero-order chi connectivity index (χ0) is 19.8. The third-order valence-corrected chi connectivity index (χ3v) is 5.25. The summed E-state index contributed by atoms with van der Waals surface area (Å²) in [5.74, 6) is 1.11. The van der Waals surface area contributed by atoms with Crippen LogP contribution in [-0.4, -0.2) is 41.1 Å². The van der Waals surface area contributed by atoms with Crippen LogP contribution in [0.4, 0.5) is 5.69 Å². The Labute approximate surface area is 167 Å². The smallest absolute Gasteiger partial charge is 0.251 e. The van der Waals surface area contributed by atoms with Crippen molar-refractivity contribution < 1.29 is 19.1 Å². The topological polar surface area (TPSA) is 83.1 Å². The van der Waals surface area contributed by atoms with Gasteiger partial charge in [-0.25, -0.2) is 5.43 Å². The zero-order valence-electron chi connectivity index (χ0n) is 15.6. The standard InChI is InChI=1S/C21H20N4O4/c26-20(22-15-4-2-1-3-5-15)12-24-8-9-25-17(21(24)27)11-16(23-25)14-6-7-18-19(10-14)29-13-28-18/h1-10,16-17,23H,11-13H2,(H,22,26). The summed E-state index contributed by atoms with van der Waals surface area (Å²) in [4.78, 5) is 26.7. The molecule has 1 fully saturated rings. The molecule has 1 saturated heterocycles. The zero-order valence-corrected chi connectivity index (χ0v) is 15.6. The van der Waals surface area contributed by atoms with E-state index in [0.29, 0.717) is 12.1 Å². The monoisotopic (exact) mass is 392 g/mol. The molecule has 2 unspecified atom stereocenters. The van der Waals surface area contributed by atoms with E-state index in [9.17, 15) is 9.59 Å². The maximum atomic E-state index is 12.9. The van der Waals surface area contributed by atoms with Crippen LogP contribution in [-0.2, 0) is 9.59 Å². The van der Waals surface area contributed by atoms with E-state index in [1.54, 1.807) is 12.4 Å². The first-order chi connectivity index (χ1) is 14.2. The molecule has 2 aromatic carbocycles. The number of anilines is 1. The van der Waals surface area contributed by atoms with Gasteiger partial charge >= 0.3 is 0 Å². The van der Waals surface area contributed by atoms with Crippen molar-refractivity contribution in [3.63, 3.8) is 0 Å². The number of para-hydroxylation sites is 1. The molecule has 0 bridgehead atoms. The normalized spacial score (nSPS) is 22.0. The molecule has 2 aromatic rings.